The molecule has 0 fully saturated rings. The van der Waals surface area contributed by atoms with Crippen LogP contribution in [0.15, 0.2) is 6.20 Å². The van der Waals surface area contributed by atoms with E-state index in [4.69, 9.17) is 15.2 Å². The predicted molar refractivity (Wildman–Crippen MR) is 62.2 cm³/mol. The number of methoxy groups -OCH3 is 1. The SMILES string of the molecule is COCCOCCCNc1nc(N)ncc1F. The van der Waals surface area contributed by atoms with Crippen molar-refractivity contribution < 1.29 is 13.9 Å². The molecule has 1 heterocycles. The molecule has 0 radical (unpaired) electrons. The number of halogens is 1. The Bertz CT molecular complexity index is 338. The number of nitrogens with zero attached hydrogens (tertiary/aromatic N) is 2. The summed E-state index contributed by atoms with van der Waals surface area (Å²) >= 11 is 0. The van der Waals surface area contributed by atoms with E-state index in [-0.39, 0.29) is 11.8 Å². The molecule has 0 aliphatic rings. The maximum atomic E-state index is 13.2. The van der Waals surface area contributed by atoms with Gasteiger partial charge in [0.15, 0.2) is 11.6 Å². The first-order chi connectivity index (χ1) is 8.24. The van der Waals surface area contributed by atoms with Crippen molar-refractivity contribution in [3.63, 3.8) is 0 Å². The summed E-state index contributed by atoms with van der Waals surface area (Å²) in [5, 5.41) is 2.83. The average molecular weight is 244 g/mol. The van der Waals surface area contributed by atoms with Crippen LogP contribution in [0.1, 0.15) is 6.42 Å². The van der Waals surface area contributed by atoms with Gasteiger partial charge in [0.25, 0.3) is 0 Å². The summed E-state index contributed by atoms with van der Waals surface area (Å²) in [7, 11) is 1.62. The molecule has 1 aromatic rings. The van der Waals surface area contributed by atoms with Crippen LogP contribution in [-0.4, -0.2) is 43.4 Å². The van der Waals surface area contributed by atoms with Crippen molar-refractivity contribution in [2.24, 2.45) is 0 Å². The Kier molecular flexibility index (Phi) is 6.19. The lowest BCUT2D eigenvalue weighted by atomic mass is 10.4. The first-order valence-electron chi connectivity index (χ1n) is 5.32. The van der Waals surface area contributed by atoms with Gasteiger partial charge < -0.3 is 20.5 Å². The van der Waals surface area contributed by atoms with E-state index in [0.717, 1.165) is 12.6 Å². The lowest BCUT2D eigenvalue weighted by Crippen LogP contribution is -2.11. The number of nitrogens with two attached hydrogens (primary N) is 1. The third kappa shape index (κ3) is 5.41. The molecule has 17 heavy (non-hydrogen) atoms. The second-order valence-electron chi connectivity index (χ2n) is 3.31. The number of nitrogen functional groups attached to an aromatic ring is 1. The fourth-order valence-electron chi connectivity index (χ4n) is 1.13. The number of aromatic nitrogens is 2. The van der Waals surface area contributed by atoms with Crippen LogP contribution in [0.25, 0.3) is 0 Å². The Balaban J connectivity index is 2.15. The molecule has 0 aliphatic heterocycles. The van der Waals surface area contributed by atoms with E-state index in [9.17, 15) is 4.39 Å². The van der Waals surface area contributed by atoms with E-state index in [0.29, 0.717) is 26.4 Å². The fourth-order valence-corrected chi connectivity index (χ4v) is 1.13. The molecule has 3 N–H and O–H groups in total. The number of nitrogens with one attached hydrogen (secondary N) is 1. The van der Waals surface area contributed by atoms with Crippen molar-refractivity contribution in [3.05, 3.63) is 12.0 Å². The molecule has 6 nitrogen and oxygen atoms in total. The van der Waals surface area contributed by atoms with Gasteiger partial charge in [-0.2, -0.15) is 4.98 Å². The highest BCUT2D eigenvalue weighted by molar-refractivity contribution is 5.38. The van der Waals surface area contributed by atoms with Crippen LogP contribution in [0.4, 0.5) is 16.2 Å². The summed E-state index contributed by atoms with van der Waals surface area (Å²) in [6.07, 6.45) is 1.78. The minimum atomic E-state index is -0.514. The minimum Gasteiger partial charge on any atom is -0.382 e. The first-order valence-corrected chi connectivity index (χ1v) is 5.32. The lowest BCUT2D eigenvalue weighted by Gasteiger charge is -2.07. The zero-order valence-electron chi connectivity index (χ0n) is 9.78. The monoisotopic (exact) mass is 244 g/mol. The molecule has 0 amide bonds. The van der Waals surface area contributed by atoms with Crippen LogP contribution in [0.5, 0.6) is 0 Å². The van der Waals surface area contributed by atoms with E-state index in [2.05, 4.69) is 15.3 Å². The van der Waals surface area contributed by atoms with E-state index in [1.165, 1.54) is 0 Å². The van der Waals surface area contributed by atoms with Crippen LogP contribution in [0, 0.1) is 5.82 Å². The van der Waals surface area contributed by atoms with Gasteiger partial charge in [-0.25, -0.2) is 9.37 Å². The quantitative estimate of drug-likeness (QED) is 0.654. The molecule has 0 aliphatic carbocycles. The smallest absolute Gasteiger partial charge is 0.222 e. The summed E-state index contributed by atoms with van der Waals surface area (Å²) in [5.74, 6) is -0.348. The zero-order chi connectivity index (χ0) is 12.5. The Morgan fingerprint density at radius 3 is 3.00 bits per heavy atom. The van der Waals surface area contributed by atoms with Crippen molar-refractivity contribution in [1.29, 1.82) is 0 Å². The van der Waals surface area contributed by atoms with Crippen LogP contribution >= 0.6 is 0 Å². The van der Waals surface area contributed by atoms with Gasteiger partial charge in [0, 0.05) is 20.3 Å². The molecular formula is C10H17FN4O2. The van der Waals surface area contributed by atoms with Crippen molar-refractivity contribution in [1.82, 2.24) is 9.97 Å². The Labute approximate surface area is 99.3 Å². The van der Waals surface area contributed by atoms with E-state index in [1.54, 1.807) is 7.11 Å². The number of rotatable bonds is 8. The van der Waals surface area contributed by atoms with Crippen molar-refractivity contribution >= 4 is 11.8 Å². The molecule has 1 rings (SSSR count). The highest BCUT2D eigenvalue weighted by atomic mass is 19.1. The standard InChI is InChI=1S/C10H17FN4O2/c1-16-5-6-17-4-2-3-13-9-8(11)7-14-10(12)15-9/h7H,2-6H2,1H3,(H3,12,13,14,15). The van der Waals surface area contributed by atoms with Crippen LogP contribution in [0.2, 0.25) is 0 Å². The molecule has 0 saturated heterocycles. The Morgan fingerprint density at radius 2 is 2.24 bits per heavy atom. The molecule has 0 bridgehead atoms. The zero-order valence-corrected chi connectivity index (χ0v) is 9.78. The van der Waals surface area contributed by atoms with Crippen molar-refractivity contribution in [3.8, 4) is 0 Å². The molecule has 0 saturated carbocycles. The van der Waals surface area contributed by atoms with Crippen LogP contribution in [-0.2, 0) is 9.47 Å². The Morgan fingerprint density at radius 1 is 1.41 bits per heavy atom. The van der Waals surface area contributed by atoms with Crippen molar-refractivity contribution in [2.45, 2.75) is 6.42 Å². The maximum absolute atomic E-state index is 13.2. The summed E-state index contributed by atoms with van der Waals surface area (Å²) in [4.78, 5) is 7.27. The number of anilines is 2. The fraction of sp³-hybridized carbons (Fsp3) is 0.600. The van der Waals surface area contributed by atoms with Crippen LogP contribution in [0.3, 0.4) is 0 Å². The lowest BCUT2D eigenvalue weighted by molar-refractivity contribution is 0.0705. The van der Waals surface area contributed by atoms with Gasteiger partial charge in [0.2, 0.25) is 5.95 Å². The molecule has 0 spiro atoms. The molecule has 0 unspecified atom stereocenters. The van der Waals surface area contributed by atoms with Gasteiger partial charge in [-0.15, -0.1) is 0 Å². The highest BCUT2D eigenvalue weighted by Crippen LogP contribution is 2.09. The first kappa shape index (κ1) is 13.6. The van der Waals surface area contributed by atoms with Gasteiger partial charge in [0.1, 0.15) is 0 Å². The number of hydrogen-bond donors (Lipinski definition) is 2. The van der Waals surface area contributed by atoms with E-state index >= 15 is 0 Å². The van der Waals surface area contributed by atoms with Crippen molar-refractivity contribution in [2.75, 3.05) is 44.5 Å². The second-order valence-corrected chi connectivity index (χ2v) is 3.31. The Hall–Kier alpha value is -1.47. The van der Waals surface area contributed by atoms with Gasteiger partial charge in [-0.3, -0.25) is 0 Å². The topological polar surface area (TPSA) is 82.3 Å². The minimum absolute atomic E-state index is 0.0465. The molecule has 1 aromatic heterocycles. The third-order valence-corrected chi connectivity index (χ3v) is 1.95. The highest BCUT2D eigenvalue weighted by Gasteiger charge is 2.03. The molecular weight excluding hydrogens is 227 g/mol. The summed E-state index contributed by atoms with van der Waals surface area (Å²) in [5.41, 5.74) is 5.35. The average Bonchev–Trinajstić information content (AvgIpc) is 2.32. The van der Waals surface area contributed by atoms with Gasteiger partial charge in [-0.05, 0) is 6.42 Å². The molecule has 96 valence electrons. The summed E-state index contributed by atoms with van der Waals surface area (Å²) < 4.78 is 23.2. The molecule has 7 heteroatoms. The summed E-state index contributed by atoms with van der Waals surface area (Å²) in [6, 6.07) is 0. The summed E-state index contributed by atoms with van der Waals surface area (Å²) in [6.45, 7) is 2.27. The molecule has 0 atom stereocenters. The van der Waals surface area contributed by atoms with Gasteiger partial charge in [0.05, 0.1) is 19.4 Å². The van der Waals surface area contributed by atoms with E-state index < -0.39 is 5.82 Å². The van der Waals surface area contributed by atoms with Gasteiger partial charge in [-0.1, -0.05) is 0 Å². The predicted octanol–water partition coefficient (Wildman–Crippen LogP) is 0.663. The largest absolute Gasteiger partial charge is 0.382 e. The maximum Gasteiger partial charge on any atom is 0.222 e. The number of ether oxygens (including phenoxy) is 2. The normalized spacial score (nSPS) is 10.5. The molecule has 0 aromatic carbocycles. The number of hydrogen-bond acceptors (Lipinski definition) is 6. The third-order valence-electron chi connectivity index (χ3n) is 1.95. The second kappa shape index (κ2) is 7.75. The van der Waals surface area contributed by atoms with Gasteiger partial charge >= 0.3 is 0 Å². The van der Waals surface area contributed by atoms with Crippen LogP contribution < -0.4 is 11.1 Å². The van der Waals surface area contributed by atoms with E-state index in [1.807, 2.05) is 0 Å².